The van der Waals surface area contributed by atoms with E-state index in [0.29, 0.717) is 0 Å². The second-order valence-electron chi connectivity index (χ2n) is 15.5. The third-order valence-electron chi connectivity index (χ3n) is 11.4. The highest BCUT2D eigenvalue weighted by Crippen LogP contribution is 2.40. The van der Waals surface area contributed by atoms with Gasteiger partial charge < -0.3 is 25.8 Å². The number of nitrogens with one attached hydrogen (secondary N) is 3. The van der Waals surface area contributed by atoms with Crippen molar-refractivity contribution < 1.29 is 0 Å². The molecule has 2 aliphatic rings. The zero-order valence-corrected chi connectivity index (χ0v) is 34.0. The molecule has 0 fully saturated rings. The molecule has 3 N–H and O–H groups in total. The SMILES string of the molecule is C1=CC(N(c2ccc(Nc3ccc(NC4=CC=C(Nc5ccc(N(c6ccccc6)c6cccc7ccccc67)cc5)CC4)cc3)cc2)c2cccc3ccccc23)=CCC1. The largest absolute Gasteiger partial charge is 0.359 e. The van der Waals surface area contributed by atoms with Crippen molar-refractivity contribution in [2.75, 3.05) is 25.8 Å². The van der Waals surface area contributed by atoms with Crippen LogP contribution < -0.4 is 25.8 Å². The summed E-state index contributed by atoms with van der Waals surface area (Å²) in [6.45, 7) is 0. The molecule has 0 saturated carbocycles. The fourth-order valence-corrected chi connectivity index (χ4v) is 8.41. The maximum absolute atomic E-state index is 3.67. The smallest absolute Gasteiger partial charge is 0.0540 e. The molecule has 8 aromatic carbocycles. The average Bonchev–Trinajstić information content (AvgIpc) is 3.32. The number of anilines is 9. The minimum atomic E-state index is 0.924. The first-order valence-electron chi connectivity index (χ1n) is 21.2. The highest BCUT2D eigenvalue weighted by Gasteiger charge is 2.18. The Hall–Kier alpha value is -7.76. The van der Waals surface area contributed by atoms with Crippen molar-refractivity contribution in [2.24, 2.45) is 0 Å². The molecular formula is C56H47N5. The van der Waals surface area contributed by atoms with Crippen molar-refractivity contribution in [3.63, 3.8) is 0 Å². The van der Waals surface area contributed by atoms with E-state index in [-0.39, 0.29) is 0 Å². The molecule has 61 heavy (non-hydrogen) atoms. The van der Waals surface area contributed by atoms with Gasteiger partial charge >= 0.3 is 0 Å². The maximum atomic E-state index is 3.67. The van der Waals surface area contributed by atoms with Gasteiger partial charge in [0.15, 0.2) is 0 Å². The van der Waals surface area contributed by atoms with Crippen LogP contribution in [-0.2, 0) is 0 Å². The van der Waals surface area contributed by atoms with Crippen LogP contribution in [0.25, 0.3) is 21.5 Å². The van der Waals surface area contributed by atoms with Crippen LogP contribution in [0.3, 0.4) is 0 Å². The molecule has 0 unspecified atom stereocenters. The quantitative estimate of drug-likeness (QED) is 0.115. The molecule has 5 nitrogen and oxygen atoms in total. The third kappa shape index (κ3) is 8.27. The minimum absolute atomic E-state index is 0.924. The Labute approximate surface area is 358 Å². The van der Waals surface area contributed by atoms with Gasteiger partial charge in [-0.2, -0.15) is 0 Å². The van der Waals surface area contributed by atoms with Gasteiger partial charge in [-0.3, -0.25) is 0 Å². The predicted molar refractivity (Wildman–Crippen MR) is 260 cm³/mol. The van der Waals surface area contributed by atoms with Crippen LogP contribution in [0.15, 0.2) is 236 Å². The van der Waals surface area contributed by atoms with Crippen molar-refractivity contribution in [3.8, 4) is 0 Å². The number of rotatable bonds is 12. The summed E-state index contributed by atoms with van der Waals surface area (Å²) in [7, 11) is 0. The predicted octanol–water partition coefficient (Wildman–Crippen LogP) is 15.7. The van der Waals surface area contributed by atoms with Gasteiger partial charge in [0.25, 0.3) is 0 Å². The number of allylic oxidation sites excluding steroid dienone is 7. The molecule has 5 heteroatoms. The van der Waals surface area contributed by atoms with Crippen molar-refractivity contribution in [1.82, 2.24) is 0 Å². The summed E-state index contributed by atoms with van der Waals surface area (Å²) in [5, 5.41) is 15.8. The van der Waals surface area contributed by atoms with Gasteiger partial charge in [0.2, 0.25) is 0 Å². The Morgan fingerprint density at radius 1 is 0.361 bits per heavy atom. The lowest BCUT2D eigenvalue weighted by molar-refractivity contribution is 0.914. The van der Waals surface area contributed by atoms with Crippen LogP contribution in [0, 0.1) is 0 Å². The van der Waals surface area contributed by atoms with Crippen molar-refractivity contribution in [1.29, 1.82) is 0 Å². The van der Waals surface area contributed by atoms with E-state index in [1.807, 2.05) is 0 Å². The molecule has 0 amide bonds. The second-order valence-corrected chi connectivity index (χ2v) is 15.5. The van der Waals surface area contributed by atoms with Crippen LogP contribution in [0.4, 0.5) is 51.2 Å². The van der Waals surface area contributed by atoms with Gasteiger partial charge in [0.1, 0.15) is 0 Å². The van der Waals surface area contributed by atoms with Crippen LogP contribution in [0.1, 0.15) is 25.7 Å². The first kappa shape index (κ1) is 37.5. The highest BCUT2D eigenvalue weighted by molar-refractivity contribution is 5.99. The molecule has 10 rings (SSSR count). The molecule has 0 atom stereocenters. The molecule has 2 aliphatic carbocycles. The van der Waals surface area contributed by atoms with E-state index < -0.39 is 0 Å². The molecule has 0 radical (unpaired) electrons. The fourth-order valence-electron chi connectivity index (χ4n) is 8.41. The molecule has 0 heterocycles. The molecule has 0 spiro atoms. The van der Waals surface area contributed by atoms with Crippen LogP contribution in [-0.4, -0.2) is 0 Å². The Morgan fingerprint density at radius 2 is 0.803 bits per heavy atom. The summed E-state index contributed by atoms with van der Waals surface area (Å²) in [6.07, 6.45) is 15.2. The van der Waals surface area contributed by atoms with E-state index in [4.69, 9.17) is 0 Å². The van der Waals surface area contributed by atoms with Crippen molar-refractivity contribution in [2.45, 2.75) is 25.7 Å². The average molecular weight is 790 g/mol. The van der Waals surface area contributed by atoms with Gasteiger partial charge in [0, 0.05) is 67.7 Å². The lowest BCUT2D eigenvalue weighted by atomic mass is 10.0. The molecule has 0 bridgehead atoms. The number of benzene rings is 8. The number of para-hydroxylation sites is 1. The van der Waals surface area contributed by atoms with E-state index in [1.54, 1.807) is 0 Å². The van der Waals surface area contributed by atoms with E-state index in [0.717, 1.165) is 71.2 Å². The number of hydrogen-bond donors (Lipinski definition) is 3. The molecule has 296 valence electrons. The summed E-state index contributed by atoms with van der Waals surface area (Å²) < 4.78 is 0. The van der Waals surface area contributed by atoms with Crippen LogP contribution in [0.5, 0.6) is 0 Å². The topological polar surface area (TPSA) is 42.6 Å². The van der Waals surface area contributed by atoms with E-state index >= 15 is 0 Å². The number of fused-ring (bicyclic) bond motifs is 2. The summed E-state index contributed by atoms with van der Waals surface area (Å²) in [5.74, 6) is 0. The summed E-state index contributed by atoms with van der Waals surface area (Å²) in [5.41, 5.74) is 13.6. The molecule has 8 aromatic rings. The summed E-state index contributed by atoms with van der Waals surface area (Å²) >= 11 is 0. The number of hydrogen-bond acceptors (Lipinski definition) is 5. The van der Waals surface area contributed by atoms with Crippen LogP contribution >= 0.6 is 0 Å². The monoisotopic (exact) mass is 789 g/mol. The number of nitrogens with zero attached hydrogens (tertiary/aromatic N) is 2. The lowest BCUT2D eigenvalue weighted by Gasteiger charge is -2.29. The standard InChI is InChI=1S/C56H47N5/c1-3-17-49(18-4-1)60(55-23-11-15-41-13-7-9-21-53(41)55)51-37-33-47(34-38-51)58-45-29-25-43(26-30-45)57-44-27-31-46(32-28-44)59-48-35-39-52(40-36-48)61(50-19-5-2-6-20-50)56-24-12-16-42-14-8-10-22-54(42)56/h1,3-5,7-25,27-29,31-40,57-59H,2,6,26,30H2. The first-order valence-corrected chi connectivity index (χ1v) is 21.2. The first-order chi connectivity index (χ1) is 30.2. The van der Waals surface area contributed by atoms with Crippen LogP contribution in [0.2, 0.25) is 0 Å². The fraction of sp³-hybridized carbons (Fsp3) is 0.0714. The van der Waals surface area contributed by atoms with Gasteiger partial charge in [0.05, 0.1) is 11.4 Å². The van der Waals surface area contributed by atoms with Crippen molar-refractivity contribution in [3.05, 3.63) is 236 Å². The zero-order valence-electron chi connectivity index (χ0n) is 34.0. The Balaban J connectivity index is 0.785. The van der Waals surface area contributed by atoms with Gasteiger partial charge in [-0.15, -0.1) is 0 Å². The maximum Gasteiger partial charge on any atom is 0.0540 e. The Morgan fingerprint density at radius 3 is 1.33 bits per heavy atom. The van der Waals surface area contributed by atoms with E-state index in [2.05, 4.69) is 244 Å². The molecule has 0 aliphatic heterocycles. The molecule has 0 aromatic heterocycles. The van der Waals surface area contributed by atoms with Crippen molar-refractivity contribution >= 4 is 72.7 Å². The van der Waals surface area contributed by atoms with Gasteiger partial charge in [-0.05, 0) is 152 Å². The molecule has 0 saturated heterocycles. The third-order valence-corrected chi connectivity index (χ3v) is 11.4. The molecular weight excluding hydrogens is 743 g/mol. The second kappa shape index (κ2) is 17.2. The van der Waals surface area contributed by atoms with Gasteiger partial charge in [-0.25, -0.2) is 0 Å². The van der Waals surface area contributed by atoms with E-state index in [1.165, 1.54) is 44.3 Å². The Bertz CT molecular complexity index is 2910. The Kier molecular flexibility index (Phi) is 10.6. The zero-order chi connectivity index (χ0) is 40.8. The highest BCUT2D eigenvalue weighted by atomic mass is 15.2. The van der Waals surface area contributed by atoms with E-state index in [9.17, 15) is 0 Å². The normalized spacial score (nSPS) is 13.5. The minimum Gasteiger partial charge on any atom is -0.359 e. The lowest BCUT2D eigenvalue weighted by Crippen LogP contribution is -2.16. The van der Waals surface area contributed by atoms with Gasteiger partial charge in [-0.1, -0.05) is 103 Å². The summed E-state index contributed by atoms with van der Waals surface area (Å²) in [6, 6.07) is 66.9. The summed E-state index contributed by atoms with van der Waals surface area (Å²) in [4.78, 5) is 4.71.